The molecule has 1 amide bonds. The van der Waals surface area contributed by atoms with Gasteiger partial charge in [-0.15, -0.1) is 0 Å². The van der Waals surface area contributed by atoms with E-state index in [1.165, 1.54) is 10.5 Å². The van der Waals surface area contributed by atoms with Crippen molar-refractivity contribution in [2.45, 2.75) is 26.2 Å². The van der Waals surface area contributed by atoms with Gasteiger partial charge in [0.05, 0.1) is 20.6 Å². The Labute approximate surface area is 110 Å². The van der Waals surface area contributed by atoms with Gasteiger partial charge >= 0.3 is 0 Å². The molecule has 0 saturated heterocycles. The fourth-order valence-electron chi connectivity index (χ4n) is 1.77. The SMILES string of the molecule is CC(C)c1ccc(C(=O)NCCC[NH+](C)C)cc1. The summed E-state index contributed by atoms with van der Waals surface area (Å²) in [5, 5.41) is 2.95. The van der Waals surface area contributed by atoms with Crippen LogP contribution in [-0.2, 0) is 0 Å². The minimum absolute atomic E-state index is 0.0269. The summed E-state index contributed by atoms with van der Waals surface area (Å²) in [6.45, 7) is 6.12. The maximum atomic E-state index is 11.9. The van der Waals surface area contributed by atoms with Crippen LogP contribution < -0.4 is 10.2 Å². The molecule has 0 aromatic heterocycles. The summed E-state index contributed by atoms with van der Waals surface area (Å²) in [6, 6.07) is 7.87. The maximum Gasteiger partial charge on any atom is 0.251 e. The summed E-state index contributed by atoms with van der Waals surface area (Å²) in [6.07, 6.45) is 1.01. The van der Waals surface area contributed by atoms with Crippen LogP contribution in [0.3, 0.4) is 0 Å². The zero-order chi connectivity index (χ0) is 13.5. The lowest BCUT2D eigenvalue weighted by Gasteiger charge is -2.09. The van der Waals surface area contributed by atoms with Crippen molar-refractivity contribution in [3.63, 3.8) is 0 Å². The van der Waals surface area contributed by atoms with Crippen molar-refractivity contribution >= 4 is 5.91 Å². The first-order valence-electron chi connectivity index (χ1n) is 6.68. The number of rotatable bonds is 6. The van der Waals surface area contributed by atoms with Crippen molar-refractivity contribution in [1.82, 2.24) is 5.32 Å². The molecule has 3 heteroatoms. The molecule has 1 rings (SSSR count). The molecule has 0 heterocycles. The quantitative estimate of drug-likeness (QED) is 0.727. The van der Waals surface area contributed by atoms with Crippen LogP contribution in [-0.4, -0.2) is 33.1 Å². The molecule has 0 unspecified atom stereocenters. The van der Waals surface area contributed by atoms with Crippen LogP contribution in [0.2, 0.25) is 0 Å². The highest BCUT2D eigenvalue weighted by Gasteiger charge is 2.06. The van der Waals surface area contributed by atoms with Gasteiger partial charge in [0.15, 0.2) is 0 Å². The van der Waals surface area contributed by atoms with Crippen LogP contribution in [0.1, 0.15) is 42.1 Å². The molecule has 0 spiro atoms. The first kappa shape index (κ1) is 14.7. The molecule has 0 radical (unpaired) electrons. The molecule has 0 saturated carbocycles. The molecule has 2 N–H and O–H groups in total. The molecule has 100 valence electrons. The van der Waals surface area contributed by atoms with Crippen molar-refractivity contribution in [1.29, 1.82) is 0 Å². The number of amides is 1. The fraction of sp³-hybridized carbons (Fsp3) is 0.533. The zero-order valence-corrected chi connectivity index (χ0v) is 11.9. The second-order valence-electron chi connectivity index (χ2n) is 5.34. The molecule has 0 fully saturated rings. The molecule has 3 nitrogen and oxygen atoms in total. The summed E-state index contributed by atoms with van der Waals surface area (Å²) < 4.78 is 0. The van der Waals surface area contributed by atoms with E-state index in [1.807, 2.05) is 24.3 Å². The summed E-state index contributed by atoms with van der Waals surface area (Å²) in [5.41, 5.74) is 2.01. The van der Waals surface area contributed by atoms with Crippen LogP contribution in [0.5, 0.6) is 0 Å². The normalized spacial score (nSPS) is 11.0. The molecule has 0 bridgehead atoms. The lowest BCUT2D eigenvalue weighted by Crippen LogP contribution is -3.05. The van der Waals surface area contributed by atoms with Crippen LogP contribution >= 0.6 is 0 Å². The first-order chi connectivity index (χ1) is 8.50. The van der Waals surface area contributed by atoms with Crippen LogP contribution in [0.4, 0.5) is 0 Å². The van der Waals surface area contributed by atoms with Crippen LogP contribution in [0.15, 0.2) is 24.3 Å². The van der Waals surface area contributed by atoms with Crippen molar-refractivity contribution in [2.24, 2.45) is 0 Å². The van der Waals surface area contributed by atoms with E-state index < -0.39 is 0 Å². The molecular formula is C15H25N2O+. The van der Waals surface area contributed by atoms with Gasteiger partial charge in [0.2, 0.25) is 0 Å². The number of carbonyl (C=O) groups excluding carboxylic acids is 1. The molecule has 18 heavy (non-hydrogen) atoms. The number of carbonyl (C=O) groups is 1. The highest BCUT2D eigenvalue weighted by Crippen LogP contribution is 2.14. The zero-order valence-electron chi connectivity index (χ0n) is 11.9. The molecule has 0 aliphatic rings. The van der Waals surface area contributed by atoms with Gasteiger partial charge in [-0.25, -0.2) is 0 Å². The Morgan fingerprint density at radius 2 is 1.83 bits per heavy atom. The summed E-state index contributed by atoms with van der Waals surface area (Å²) >= 11 is 0. The number of nitrogens with one attached hydrogen (secondary N) is 2. The van der Waals surface area contributed by atoms with Crippen molar-refractivity contribution < 1.29 is 9.69 Å². The molecule has 1 aromatic carbocycles. The highest BCUT2D eigenvalue weighted by molar-refractivity contribution is 5.94. The second kappa shape index (κ2) is 7.17. The van der Waals surface area contributed by atoms with Gasteiger partial charge in [-0.2, -0.15) is 0 Å². The monoisotopic (exact) mass is 249 g/mol. The van der Waals surface area contributed by atoms with E-state index in [1.54, 1.807) is 0 Å². The largest absolute Gasteiger partial charge is 0.352 e. The van der Waals surface area contributed by atoms with E-state index in [4.69, 9.17) is 0 Å². The smallest absolute Gasteiger partial charge is 0.251 e. The number of quaternary nitrogens is 1. The maximum absolute atomic E-state index is 11.9. The van der Waals surface area contributed by atoms with Crippen LogP contribution in [0.25, 0.3) is 0 Å². The minimum atomic E-state index is 0.0269. The third-order valence-corrected chi connectivity index (χ3v) is 2.98. The number of benzene rings is 1. The van der Waals surface area contributed by atoms with Gasteiger partial charge in [-0.3, -0.25) is 4.79 Å². The predicted octanol–water partition coefficient (Wildman–Crippen LogP) is 1.07. The van der Waals surface area contributed by atoms with E-state index in [-0.39, 0.29) is 5.91 Å². The lowest BCUT2D eigenvalue weighted by atomic mass is 10.0. The Morgan fingerprint density at radius 1 is 1.22 bits per heavy atom. The second-order valence-corrected chi connectivity index (χ2v) is 5.34. The van der Waals surface area contributed by atoms with Crippen molar-refractivity contribution in [2.75, 3.05) is 27.2 Å². The summed E-state index contributed by atoms with van der Waals surface area (Å²) in [7, 11) is 4.24. The van der Waals surface area contributed by atoms with Crippen molar-refractivity contribution in [3.05, 3.63) is 35.4 Å². The Bertz CT molecular complexity index is 369. The average molecular weight is 249 g/mol. The van der Waals surface area contributed by atoms with Gasteiger partial charge in [0.1, 0.15) is 0 Å². The Kier molecular flexibility index (Phi) is 5.86. The van der Waals surface area contributed by atoms with E-state index in [2.05, 4.69) is 33.3 Å². The van der Waals surface area contributed by atoms with E-state index >= 15 is 0 Å². The van der Waals surface area contributed by atoms with E-state index in [0.717, 1.165) is 25.1 Å². The first-order valence-corrected chi connectivity index (χ1v) is 6.68. The Hall–Kier alpha value is -1.35. The van der Waals surface area contributed by atoms with Crippen molar-refractivity contribution in [3.8, 4) is 0 Å². The Balaban J connectivity index is 2.42. The molecule has 0 atom stereocenters. The standard InChI is InChI=1S/C15H24N2O/c1-12(2)13-6-8-14(9-7-13)15(18)16-10-5-11-17(3)4/h6-9,12H,5,10-11H2,1-4H3,(H,16,18)/p+1. The topological polar surface area (TPSA) is 33.5 Å². The number of hydrogen-bond donors (Lipinski definition) is 2. The molecule has 0 aliphatic carbocycles. The van der Waals surface area contributed by atoms with E-state index in [9.17, 15) is 4.79 Å². The Morgan fingerprint density at radius 3 is 2.33 bits per heavy atom. The van der Waals surface area contributed by atoms with Gasteiger partial charge in [0.25, 0.3) is 5.91 Å². The average Bonchev–Trinajstić information content (AvgIpc) is 2.34. The fourth-order valence-corrected chi connectivity index (χ4v) is 1.77. The summed E-state index contributed by atoms with van der Waals surface area (Å²) in [5.74, 6) is 0.532. The molecular weight excluding hydrogens is 224 g/mol. The molecule has 1 aromatic rings. The minimum Gasteiger partial charge on any atom is -0.352 e. The summed E-state index contributed by atoms with van der Waals surface area (Å²) in [4.78, 5) is 13.3. The van der Waals surface area contributed by atoms with Gasteiger partial charge < -0.3 is 10.2 Å². The highest BCUT2D eigenvalue weighted by atomic mass is 16.1. The van der Waals surface area contributed by atoms with Gasteiger partial charge in [-0.1, -0.05) is 26.0 Å². The lowest BCUT2D eigenvalue weighted by molar-refractivity contribution is -0.858. The van der Waals surface area contributed by atoms with E-state index in [0.29, 0.717) is 5.92 Å². The third-order valence-electron chi connectivity index (χ3n) is 2.98. The predicted molar refractivity (Wildman–Crippen MR) is 75.2 cm³/mol. The third kappa shape index (κ3) is 4.88. The molecule has 0 aliphatic heterocycles. The number of hydrogen-bond acceptors (Lipinski definition) is 1. The van der Waals surface area contributed by atoms with Gasteiger partial charge in [0, 0.05) is 18.5 Å². The van der Waals surface area contributed by atoms with Gasteiger partial charge in [-0.05, 0) is 23.6 Å². The van der Waals surface area contributed by atoms with Crippen LogP contribution in [0, 0.1) is 0 Å².